The van der Waals surface area contributed by atoms with Gasteiger partial charge in [-0.05, 0) is 49.4 Å². The average molecular weight is 497 g/mol. The molecule has 10 heteroatoms. The Balaban J connectivity index is 1.41. The van der Waals surface area contributed by atoms with E-state index in [2.05, 4.69) is 10.3 Å². The first-order valence-corrected chi connectivity index (χ1v) is 11.8. The normalized spacial score (nSPS) is 17.4. The van der Waals surface area contributed by atoms with Crippen LogP contribution < -0.4 is 4.74 Å². The molecule has 1 heterocycles. The van der Waals surface area contributed by atoms with E-state index in [0.29, 0.717) is 42.8 Å². The van der Waals surface area contributed by atoms with Crippen LogP contribution in [0.4, 0.5) is 9.18 Å². The predicted molar refractivity (Wildman–Crippen MR) is 129 cm³/mol. The Hall–Kier alpha value is -3.95. The Labute approximate surface area is 208 Å². The second-order valence-corrected chi connectivity index (χ2v) is 8.99. The molecule has 1 fully saturated rings. The fraction of sp³-hybridized carbons (Fsp3) is 0.385. The first kappa shape index (κ1) is 25.2. The Bertz CT molecular complexity index is 1220. The zero-order chi connectivity index (χ0) is 25.7. The number of ether oxygens (including phenoxy) is 2. The lowest BCUT2D eigenvalue weighted by atomic mass is 9.87. The highest BCUT2D eigenvalue weighted by Gasteiger charge is 2.29. The minimum atomic E-state index is -0.846. The van der Waals surface area contributed by atoms with E-state index in [9.17, 15) is 19.1 Å². The molecule has 1 saturated carbocycles. The van der Waals surface area contributed by atoms with Crippen molar-refractivity contribution in [1.29, 1.82) is 0 Å². The standard InChI is InChI=1S/C26H29FN4O5/c1-30(15-17-7-4-3-5-8-17)26(34)35-16-22-24(28-29-31(22)2)18-11-12-23(21(27)14-18)36-20-10-6-9-19(13-20)25(32)33/h3-5,7-8,11-12,14,19-20H,6,9-10,13,15-16H2,1-2H3,(H,32,33)/t19-,20-/m0/s1. The fourth-order valence-electron chi connectivity index (χ4n) is 4.32. The molecule has 4 rings (SSSR count). The summed E-state index contributed by atoms with van der Waals surface area (Å²) in [5.74, 6) is -1.83. The van der Waals surface area contributed by atoms with Gasteiger partial charge in [0.15, 0.2) is 11.6 Å². The molecule has 36 heavy (non-hydrogen) atoms. The van der Waals surface area contributed by atoms with Gasteiger partial charge in [-0.2, -0.15) is 0 Å². The third kappa shape index (κ3) is 5.99. The van der Waals surface area contributed by atoms with Gasteiger partial charge in [0.2, 0.25) is 0 Å². The van der Waals surface area contributed by atoms with Crippen molar-refractivity contribution >= 4 is 12.1 Å². The van der Waals surface area contributed by atoms with E-state index in [4.69, 9.17) is 9.47 Å². The van der Waals surface area contributed by atoms with Crippen molar-refractivity contribution in [2.45, 2.75) is 44.9 Å². The minimum absolute atomic E-state index is 0.0641. The highest BCUT2D eigenvalue weighted by molar-refractivity contribution is 5.70. The van der Waals surface area contributed by atoms with Crippen LogP contribution in [0.1, 0.15) is 36.9 Å². The number of aryl methyl sites for hydroxylation is 1. The molecule has 0 saturated heterocycles. The molecule has 190 valence electrons. The summed E-state index contributed by atoms with van der Waals surface area (Å²) in [5.41, 5.74) is 2.35. The molecule has 9 nitrogen and oxygen atoms in total. The van der Waals surface area contributed by atoms with Gasteiger partial charge in [0.1, 0.15) is 18.0 Å². The van der Waals surface area contributed by atoms with Crippen molar-refractivity contribution in [2.75, 3.05) is 7.05 Å². The first-order chi connectivity index (χ1) is 17.3. The highest BCUT2D eigenvalue weighted by Crippen LogP contribution is 2.31. The summed E-state index contributed by atoms with van der Waals surface area (Å²) in [4.78, 5) is 25.2. The Kier molecular flexibility index (Phi) is 7.82. The summed E-state index contributed by atoms with van der Waals surface area (Å²) in [6.07, 6.45) is 1.52. The molecule has 0 spiro atoms. The van der Waals surface area contributed by atoms with Gasteiger partial charge < -0.3 is 19.5 Å². The molecule has 0 bridgehead atoms. The van der Waals surface area contributed by atoms with Crippen molar-refractivity contribution < 1.29 is 28.6 Å². The number of nitrogens with zero attached hydrogens (tertiary/aromatic N) is 4. The number of carboxylic acids is 1. The number of amides is 1. The number of aliphatic carboxylic acids is 1. The molecule has 0 aliphatic heterocycles. The molecule has 1 aliphatic rings. The van der Waals surface area contributed by atoms with E-state index >= 15 is 0 Å². The van der Waals surface area contributed by atoms with Gasteiger partial charge in [0.05, 0.1) is 12.0 Å². The molecule has 3 aromatic rings. The molecule has 1 N–H and O–H groups in total. The summed E-state index contributed by atoms with van der Waals surface area (Å²) >= 11 is 0. The van der Waals surface area contributed by atoms with Crippen LogP contribution in [-0.4, -0.2) is 50.2 Å². The molecule has 1 aliphatic carbocycles. The van der Waals surface area contributed by atoms with E-state index in [1.807, 2.05) is 30.3 Å². The van der Waals surface area contributed by atoms with Crippen LogP contribution in [0.3, 0.4) is 0 Å². The van der Waals surface area contributed by atoms with Gasteiger partial charge in [-0.1, -0.05) is 35.5 Å². The zero-order valence-corrected chi connectivity index (χ0v) is 20.3. The van der Waals surface area contributed by atoms with Gasteiger partial charge in [-0.3, -0.25) is 4.79 Å². The monoisotopic (exact) mass is 496 g/mol. The van der Waals surface area contributed by atoms with Gasteiger partial charge in [0, 0.05) is 26.2 Å². The van der Waals surface area contributed by atoms with Crippen LogP contribution in [0.15, 0.2) is 48.5 Å². The van der Waals surface area contributed by atoms with E-state index in [-0.39, 0.29) is 18.5 Å². The molecule has 0 unspecified atom stereocenters. The third-order valence-electron chi connectivity index (χ3n) is 6.32. The van der Waals surface area contributed by atoms with E-state index < -0.39 is 23.8 Å². The number of halogens is 1. The quantitative estimate of drug-likeness (QED) is 0.492. The van der Waals surface area contributed by atoms with Crippen LogP contribution in [0, 0.1) is 11.7 Å². The van der Waals surface area contributed by atoms with Crippen LogP contribution in [0.5, 0.6) is 5.75 Å². The van der Waals surface area contributed by atoms with Crippen molar-refractivity contribution in [1.82, 2.24) is 19.9 Å². The molecular formula is C26H29FN4O5. The first-order valence-electron chi connectivity index (χ1n) is 11.8. The van der Waals surface area contributed by atoms with E-state index in [1.54, 1.807) is 20.2 Å². The SMILES string of the molecule is CN(Cc1ccccc1)C(=O)OCc1c(-c2ccc(O[C@H]3CCC[C@H](C(=O)O)C3)c(F)c2)nnn1C. The topological polar surface area (TPSA) is 107 Å². The molecule has 2 atom stereocenters. The smallest absolute Gasteiger partial charge is 0.410 e. The van der Waals surface area contributed by atoms with Crippen LogP contribution in [0.2, 0.25) is 0 Å². The largest absolute Gasteiger partial charge is 0.487 e. The third-order valence-corrected chi connectivity index (χ3v) is 6.32. The number of benzene rings is 2. The predicted octanol–water partition coefficient (Wildman–Crippen LogP) is 4.41. The zero-order valence-electron chi connectivity index (χ0n) is 20.3. The number of hydrogen-bond donors (Lipinski definition) is 1. The lowest BCUT2D eigenvalue weighted by Crippen LogP contribution is -2.29. The van der Waals surface area contributed by atoms with Crippen molar-refractivity contribution in [2.24, 2.45) is 13.0 Å². The maximum absolute atomic E-state index is 14.9. The Morgan fingerprint density at radius 2 is 1.97 bits per heavy atom. The van der Waals surface area contributed by atoms with Crippen LogP contribution in [0.25, 0.3) is 11.3 Å². The summed E-state index contributed by atoms with van der Waals surface area (Å²) in [6, 6.07) is 14.0. The highest BCUT2D eigenvalue weighted by atomic mass is 19.1. The number of aromatic nitrogens is 3. The molecule has 1 amide bonds. The van der Waals surface area contributed by atoms with Crippen LogP contribution >= 0.6 is 0 Å². The number of hydrogen-bond acceptors (Lipinski definition) is 6. The second kappa shape index (κ2) is 11.2. The molecule has 0 radical (unpaired) electrons. The number of carbonyl (C=O) groups is 2. The number of rotatable bonds is 8. The average Bonchev–Trinajstić information content (AvgIpc) is 3.24. The summed E-state index contributed by atoms with van der Waals surface area (Å²) in [5, 5.41) is 17.4. The van der Waals surface area contributed by atoms with Crippen LogP contribution in [-0.2, 0) is 29.7 Å². The van der Waals surface area contributed by atoms with Gasteiger partial charge in [0.25, 0.3) is 0 Å². The Morgan fingerprint density at radius 3 is 2.69 bits per heavy atom. The second-order valence-electron chi connectivity index (χ2n) is 8.99. The van der Waals surface area contributed by atoms with Crippen molar-refractivity contribution in [3.63, 3.8) is 0 Å². The molecule has 1 aromatic heterocycles. The molecular weight excluding hydrogens is 467 g/mol. The lowest BCUT2D eigenvalue weighted by Gasteiger charge is -2.27. The number of carbonyl (C=O) groups excluding carboxylic acids is 1. The fourth-order valence-corrected chi connectivity index (χ4v) is 4.32. The lowest BCUT2D eigenvalue weighted by molar-refractivity contribution is -0.143. The van der Waals surface area contributed by atoms with Gasteiger partial charge in [-0.25, -0.2) is 13.9 Å². The summed E-state index contributed by atoms with van der Waals surface area (Å²) in [7, 11) is 3.32. The van der Waals surface area contributed by atoms with Gasteiger partial charge in [-0.15, -0.1) is 5.10 Å². The van der Waals surface area contributed by atoms with E-state index in [0.717, 1.165) is 12.0 Å². The minimum Gasteiger partial charge on any atom is -0.487 e. The maximum atomic E-state index is 14.9. The summed E-state index contributed by atoms with van der Waals surface area (Å²) in [6.45, 7) is 0.312. The van der Waals surface area contributed by atoms with E-state index in [1.165, 1.54) is 21.7 Å². The number of carboxylic acid groups (broad SMARTS) is 1. The Morgan fingerprint density at radius 1 is 1.19 bits per heavy atom. The summed E-state index contributed by atoms with van der Waals surface area (Å²) < 4.78 is 27.7. The van der Waals surface area contributed by atoms with Crippen molar-refractivity contribution in [3.8, 4) is 17.0 Å². The molecule has 2 aromatic carbocycles. The van der Waals surface area contributed by atoms with Crippen molar-refractivity contribution in [3.05, 3.63) is 65.6 Å². The maximum Gasteiger partial charge on any atom is 0.410 e. The van der Waals surface area contributed by atoms with Gasteiger partial charge >= 0.3 is 12.1 Å².